The number of hydrogen-bond acceptors (Lipinski definition) is 5. The van der Waals surface area contributed by atoms with Crippen molar-refractivity contribution >= 4 is 29.2 Å². The second-order valence-corrected chi connectivity index (χ2v) is 11.1. The molecule has 1 unspecified atom stereocenters. The first-order valence-corrected chi connectivity index (χ1v) is 13.8. The highest BCUT2D eigenvalue weighted by molar-refractivity contribution is 7.09. The maximum atomic E-state index is 13.9. The van der Waals surface area contributed by atoms with Crippen LogP contribution in [0.15, 0.2) is 41.9 Å². The van der Waals surface area contributed by atoms with Gasteiger partial charge in [0.2, 0.25) is 5.91 Å². The summed E-state index contributed by atoms with van der Waals surface area (Å²) in [5, 5.41) is 5.07. The van der Waals surface area contributed by atoms with Gasteiger partial charge in [-0.05, 0) is 61.6 Å². The van der Waals surface area contributed by atoms with Gasteiger partial charge in [-0.3, -0.25) is 19.5 Å². The van der Waals surface area contributed by atoms with Gasteiger partial charge in [-0.25, -0.2) is 4.79 Å². The number of urea groups is 1. The first-order chi connectivity index (χ1) is 17.1. The maximum absolute atomic E-state index is 13.9. The summed E-state index contributed by atoms with van der Waals surface area (Å²) in [6.45, 7) is 1.57. The van der Waals surface area contributed by atoms with Gasteiger partial charge >= 0.3 is 6.03 Å². The monoisotopic (exact) mass is 494 g/mol. The van der Waals surface area contributed by atoms with E-state index in [-0.39, 0.29) is 23.8 Å². The number of pyridine rings is 1. The Labute approximate surface area is 210 Å². The standard InChI is InChI=1S/C27H34N4O3S/c32-24(19-20-7-2-1-3-8-20)30-15-11-21(12-16-30)27(23-10-4-5-14-28-23)25(33)31(26(34)29-27)17-13-22-9-6-18-35-22/h4-6,9-10,14,18,20-21H,1-3,7-8,11-13,15-17,19H2,(H,29,34). The van der Waals surface area contributed by atoms with Crippen LogP contribution in [-0.2, 0) is 21.5 Å². The molecular weight excluding hydrogens is 460 g/mol. The molecule has 3 fully saturated rings. The number of imide groups is 1. The fraction of sp³-hybridized carbons (Fsp3) is 0.556. The molecule has 2 aliphatic heterocycles. The Bertz CT molecular complexity index is 1030. The Morgan fingerprint density at radius 1 is 1.06 bits per heavy atom. The van der Waals surface area contributed by atoms with Crippen LogP contribution in [0.5, 0.6) is 0 Å². The van der Waals surface area contributed by atoms with Crippen molar-refractivity contribution in [2.45, 2.75) is 63.3 Å². The van der Waals surface area contributed by atoms with Crippen LogP contribution >= 0.6 is 11.3 Å². The predicted octanol–water partition coefficient (Wildman–Crippen LogP) is 4.34. The summed E-state index contributed by atoms with van der Waals surface area (Å²) in [5.74, 6) is 0.423. The van der Waals surface area contributed by atoms with Gasteiger partial charge < -0.3 is 10.2 Å². The molecule has 1 N–H and O–H groups in total. The predicted molar refractivity (Wildman–Crippen MR) is 135 cm³/mol. The molecule has 5 rings (SSSR count). The SMILES string of the molecule is O=C(CC1CCCCC1)N1CCC(C2(c3ccccn3)NC(=O)N(CCc3cccs3)C2=O)CC1. The summed E-state index contributed by atoms with van der Waals surface area (Å²) < 4.78 is 0. The number of carbonyl (C=O) groups is 3. The largest absolute Gasteiger partial charge is 0.343 e. The van der Waals surface area contributed by atoms with E-state index in [4.69, 9.17) is 0 Å². The van der Waals surface area contributed by atoms with E-state index in [9.17, 15) is 14.4 Å². The van der Waals surface area contributed by atoms with E-state index in [0.717, 1.165) is 17.7 Å². The average Bonchev–Trinajstić information content (AvgIpc) is 3.50. The Kier molecular flexibility index (Phi) is 7.18. The van der Waals surface area contributed by atoms with Crippen molar-refractivity contribution in [3.63, 3.8) is 0 Å². The molecule has 0 spiro atoms. The van der Waals surface area contributed by atoms with Gasteiger partial charge in [-0.2, -0.15) is 0 Å². The molecule has 3 aliphatic rings. The number of likely N-dealkylation sites (tertiary alicyclic amines) is 1. The fourth-order valence-electron chi connectivity index (χ4n) is 6.06. The van der Waals surface area contributed by atoms with E-state index in [1.54, 1.807) is 17.5 Å². The number of aromatic nitrogens is 1. The summed E-state index contributed by atoms with van der Waals surface area (Å²) in [5.41, 5.74) is -0.587. The number of hydrogen-bond donors (Lipinski definition) is 1. The second kappa shape index (κ2) is 10.5. The quantitative estimate of drug-likeness (QED) is 0.581. The van der Waals surface area contributed by atoms with Crippen LogP contribution in [-0.4, -0.2) is 52.3 Å². The molecule has 7 nitrogen and oxygen atoms in total. The van der Waals surface area contributed by atoms with Crippen molar-refractivity contribution in [1.82, 2.24) is 20.1 Å². The molecule has 35 heavy (non-hydrogen) atoms. The third-order valence-corrected chi connectivity index (χ3v) is 8.95. The molecule has 0 aromatic carbocycles. The normalized spacial score (nSPS) is 24.1. The summed E-state index contributed by atoms with van der Waals surface area (Å²) in [7, 11) is 0. The van der Waals surface area contributed by atoms with Crippen LogP contribution in [0.1, 0.15) is 61.9 Å². The van der Waals surface area contributed by atoms with Crippen LogP contribution < -0.4 is 5.32 Å². The zero-order chi connectivity index (χ0) is 24.3. The van der Waals surface area contributed by atoms with Gasteiger partial charge in [0.15, 0.2) is 5.54 Å². The summed E-state index contributed by atoms with van der Waals surface area (Å²) >= 11 is 1.63. The van der Waals surface area contributed by atoms with Gasteiger partial charge in [0.1, 0.15) is 0 Å². The Morgan fingerprint density at radius 2 is 1.86 bits per heavy atom. The van der Waals surface area contributed by atoms with Gasteiger partial charge in [0.25, 0.3) is 5.91 Å². The smallest absolute Gasteiger partial charge is 0.325 e. The number of carbonyl (C=O) groups excluding carboxylic acids is 3. The number of nitrogens with zero attached hydrogens (tertiary/aromatic N) is 3. The number of piperidine rings is 1. The second-order valence-electron chi connectivity index (χ2n) is 10.1. The lowest BCUT2D eigenvalue weighted by molar-refractivity contribution is -0.137. The van der Waals surface area contributed by atoms with Crippen molar-refractivity contribution in [2.24, 2.45) is 11.8 Å². The summed E-state index contributed by atoms with van der Waals surface area (Å²) in [6.07, 6.45) is 10.4. The van der Waals surface area contributed by atoms with Crippen molar-refractivity contribution in [1.29, 1.82) is 0 Å². The van der Waals surface area contributed by atoms with E-state index in [2.05, 4.69) is 10.3 Å². The molecule has 1 aliphatic carbocycles. The van der Waals surface area contributed by atoms with Gasteiger partial charge in [0, 0.05) is 43.0 Å². The molecule has 4 heterocycles. The molecule has 2 saturated heterocycles. The third kappa shape index (κ3) is 4.85. The average molecular weight is 495 g/mol. The molecule has 0 bridgehead atoms. The number of thiophene rings is 1. The number of nitrogens with one attached hydrogen (secondary N) is 1. The molecule has 2 aromatic heterocycles. The van der Waals surface area contributed by atoms with Gasteiger partial charge in [-0.1, -0.05) is 31.4 Å². The topological polar surface area (TPSA) is 82.6 Å². The lowest BCUT2D eigenvalue weighted by atomic mass is 9.75. The lowest BCUT2D eigenvalue weighted by Crippen LogP contribution is -2.54. The molecule has 0 radical (unpaired) electrons. The minimum absolute atomic E-state index is 0.112. The molecule has 2 aromatic rings. The zero-order valence-electron chi connectivity index (χ0n) is 20.2. The van der Waals surface area contributed by atoms with Gasteiger partial charge in [-0.15, -0.1) is 11.3 Å². The summed E-state index contributed by atoms with van der Waals surface area (Å²) in [4.78, 5) is 48.9. The Morgan fingerprint density at radius 3 is 2.54 bits per heavy atom. The Hall–Kier alpha value is -2.74. The van der Waals surface area contributed by atoms with Crippen LogP contribution in [0.4, 0.5) is 4.79 Å². The van der Waals surface area contributed by atoms with E-state index in [0.29, 0.717) is 56.9 Å². The highest BCUT2D eigenvalue weighted by Crippen LogP contribution is 2.41. The highest BCUT2D eigenvalue weighted by atomic mass is 32.1. The van der Waals surface area contributed by atoms with Crippen LogP contribution in [0.25, 0.3) is 0 Å². The van der Waals surface area contributed by atoms with Gasteiger partial charge in [0.05, 0.1) is 5.69 Å². The first-order valence-electron chi connectivity index (χ1n) is 12.9. The molecular formula is C27H34N4O3S. The maximum Gasteiger partial charge on any atom is 0.325 e. The number of rotatable bonds is 7. The van der Waals surface area contributed by atoms with E-state index < -0.39 is 5.54 Å². The van der Waals surface area contributed by atoms with Crippen LogP contribution in [0.3, 0.4) is 0 Å². The fourth-order valence-corrected chi connectivity index (χ4v) is 6.76. The van der Waals surface area contributed by atoms with Crippen LogP contribution in [0.2, 0.25) is 0 Å². The van der Waals surface area contributed by atoms with Crippen molar-refractivity contribution in [3.05, 3.63) is 52.5 Å². The van der Waals surface area contributed by atoms with E-state index in [1.165, 1.54) is 24.2 Å². The molecule has 1 saturated carbocycles. The molecule has 186 valence electrons. The third-order valence-electron chi connectivity index (χ3n) is 8.01. The minimum Gasteiger partial charge on any atom is -0.343 e. The van der Waals surface area contributed by atoms with E-state index in [1.807, 2.05) is 40.6 Å². The first kappa shape index (κ1) is 24.0. The van der Waals surface area contributed by atoms with Crippen molar-refractivity contribution in [2.75, 3.05) is 19.6 Å². The van der Waals surface area contributed by atoms with Crippen LogP contribution in [0, 0.1) is 11.8 Å². The van der Waals surface area contributed by atoms with Crippen molar-refractivity contribution in [3.8, 4) is 0 Å². The lowest BCUT2D eigenvalue weighted by Gasteiger charge is -2.40. The molecule has 1 atom stereocenters. The molecule has 8 heteroatoms. The zero-order valence-corrected chi connectivity index (χ0v) is 21.0. The number of amides is 4. The highest BCUT2D eigenvalue weighted by Gasteiger charge is 2.58. The van der Waals surface area contributed by atoms with Crippen molar-refractivity contribution < 1.29 is 14.4 Å². The Balaban J connectivity index is 1.30. The minimum atomic E-state index is -1.17. The molecule has 4 amide bonds. The summed E-state index contributed by atoms with van der Waals surface area (Å²) in [6, 6.07) is 9.16. The van der Waals surface area contributed by atoms with E-state index >= 15 is 0 Å².